The van der Waals surface area contributed by atoms with Crippen LogP contribution in [0.1, 0.15) is 7.43 Å². The van der Waals surface area contributed by atoms with Crippen LogP contribution in [0.2, 0.25) is 0 Å². The monoisotopic (exact) mass is 362 g/mol. The summed E-state index contributed by atoms with van der Waals surface area (Å²) in [6.45, 7) is 0. The van der Waals surface area contributed by atoms with Gasteiger partial charge in [-0.15, -0.1) is 0 Å². The highest BCUT2D eigenvalue weighted by Gasteiger charge is 2.18. The van der Waals surface area contributed by atoms with Crippen LogP contribution < -0.4 is 0 Å². The van der Waals surface area contributed by atoms with Crippen molar-refractivity contribution in [2.45, 2.75) is 7.43 Å². The van der Waals surface area contributed by atoms with E-state index in [9.17, 15) is 0 Å². The molecule has 0 saturated heterocycles. The molecule has 28 heavy (non-hydrogen) atoms. The van der Waals surface area contributed by atoms with E-state index in [2.05, 4.69) is 84.9 Å². The minimum Gasteiger partial charge on any atom is -0.455 e. The molecule has 0 spiro atoms. The first-order valence-corrected chi connectivity index (χ1v) is 9.13. The van der Waals surface area contributed by atoms with Crippen molar-refractivity contribution in [1.82, 2.24) is 0 Å². The minimum absolute atomic E-state index is 0. The molecule has 136 valence electrons. The Balaban J connectivity index is 0.00000192. The van der Waals surface area contributed by atoms with Gasteiger partial charge in [0, 0.05) is 21.9 Å². The predicted molar refractivity (Wildman–Crippen MR) is 119 cm³/mol. The average molecular weight is 362 g/mol. The summed E-state index contributed by atoms with van der Waals surface area (Å²) in [5.41, 5.74) is 4.58. The number of hydrogen-bond acceptors (Lipinski definition) is 1. The zero-order chi connectivity index (χ0) is 18.1. The third-order valence-corrected chi connectivity index (χ3v) is 4.91. The van der Waals surface area contributed by atoms with Crippen LogP contribution in [-0.4, -0.2) is 0 Å². The third kappa shape index (κ3) is 3.01. The quantitative estimate of drug-likeness (QED) is 0.316. The Labute approximate surface area is 165 Å². The Morgan fingerprint density at radius 1 is 0.393 bits per heavy atom. The molecule has 0 saturated carbocycles. The highest BCUT2D eigenvalue weighted by atomic mass is 16.3. The molecule has 0 atom stereocenters. The molecule has 0 fully saturated rings. The van der Waals surface area contributed by atoms with Crippen molar-refractivity contribution < 1.29 is 4.42 Å². The molecule has 0 N–H and O–H groups in total. The maximum absolute atomic E-state index is 6.50. The topological polar surface area (TPSA) is 13.1 Å². The van der Waals surface area contributed by atoms with E-state index in [-0.39, 0.29) is 7.43 Å². The van der Waals surface area contributed by atoms with Crippen LogP contribution in [-0.2, 0) is 0 Å². The average Bonchev–Trinajstić information content (AvgIpc) is 3.15. The third-order valence-electron chi connectivity index (χ3n) is 4.91. The van der Waals surface area contributed by atoms with Gasteiger partial charge in [-0.1, -0.05) is 117 Å². The van der Waals surface area contributed by atoms with Gasteiger partial charge in [-0.2, -0.15) is 0 Å². The molecule has 1 aromatic heterocycles. The fourth-order valence-electron chi connectivity index (χ4n) is 3.65. The molecule has 0 bridgehead atoms. The van der Waals surface area contributed by atoms with E-state index in [0.717, 1.165) is 33.4 Å². The van der Waals surface area contributed by atoms with Crippen molar-refractivity contribution in [3.05, 3.63) is 109 Å². The number of benzene rings is 4. The lowest BCUT2D eigenvalue weighted by Gasteiger charge is -2.08. The van der Waals surface area contributed by atoms with Crippen molar-refractivity contribution in [1.29, 1.82) is 0 Å². The molecule has 0 unspecified atom stereocenters. The molecular weight excluding hydrogens is 340 g/mol. The SMILES string of the molecule is C.c1ccc(-c2ccccc2-c2oc(-c3ccccc3)c3ccccc23)cc1. The zero-order valence-electron chi connectivity index (χ0n) is 14.8. The first-order valence-electron chi connectivity index (χ1n) is 9.13. The molecule has 0 amide bonds. The van der Waals surface area contributed by atoms with Crippen molar-refractivity contribution in [3.63, 3.8) is 0 Å². The summed E-state index contributed by atoms with van der Waals surface area (Å²) in [5.74, 6) is 1.84. The highest BCUT2D eigenvalue weighted by Crippen LogP contribution is 2.42. The summed E-state index contributed by atoms with van der Waals surface area (Å²) in [5, 5.41) is 2.28. The summed E-state index contributed by atoms with van der Waals surface area (Å²) in [6, 6.07) is 37.6. The van der Waals surface area contributed by atoms with E-state index < -0.39 is 0 Å². The molecule has 1 heteroatoms. The van der Waals surface area contributed by atoms with Crippen LogP contribution in [0.25, 0.3) is 44.5 Å². The first-order chi connectivity index (χ1) is 13.4. The summed E-state index contributed by atoms with van der Waals surface area (Å²) in [7, 11) is 0. The molecule has 5 aromatic rings. The van der Waals surface area contributed by atoms with Crippen molar-refractivity contribution >= 4 is 10.8 Å². The van der Waals surface area contributed by atoms with Crippen LogP contribution in [0.4, 0.5) is 0 Å². The van der Waals surface area contributed by atoms with E-state index in [4.69, 9.17) is 4.42 Å². The molecule has 0 radical (unpaired) electrons. The second kappa shape index (κ2) is 7.58. The summed E-state index contributed by atoms with van der Waals surface area (Å²) < 4.78 is 6.50. The standard InChI is InChI=1S/C26H18O.CH4/c1-3-11-19(12-4-1)21-15-7-8-16-22(21)26-24-18-10-9-17-23(24)25(27-26)20-13-5-2-6-14-20;/h1-18H;1H4. The van der Waals surface area contributed by atoms with E-state index >= 15 is 0 Å². The fourth-order valence-corrected chi connectivity index (χ4v) is 3.65. The van der Waals surface area contributed by atoms with Crippen LogP contribution in [0, 0.1) is 0 Å². The largest absolute Gasteiger partial charge is 0.455 e. The summed E-state index contributed by atoms with van der Waals surface area (Å²) in [4.78, 5) is 0. The van der Waals surface area contributed by atoms with Crippen LogP contribution >= 0.6 is 0 Å². The van der Waals surface area contributed by atoms with Gasteiger partial charge in [-0.05, 0) is 11.1 Å². The van der Waals surface area contributed by atoms with Gasteiger partial charge in [0.2, 0.25) is 0 Å². The molecular formula is C27H22O. The summed E-state index contributed by atoms with van der Waals surface area (Å²) in [6.07, 6.45) is 0. The Kier molecular flexibility index (Phi) is 4.82. The smallest absolute Gasteiger partial charge is 0.143 e. The van der Waals surface area contributed by atoms with E-state index in [0.29, 0.717) is 0 Å². The predicted octanol–water partition coefficient (Wildman–Crippen LogP) is 8.07. The Bertz CT molecular complexity index is 1200. The second-order valence-corrected chi connectivity index (χ2v) is 6.58. The van der Waals surface area contributed by atoms with E-state index in [1.807, 2.05) is 24.3 Å². The van der Waals surface area contributed by atoms with Crippen molar-refractivity contribution in [3.8, 4) is 33.8 Å². The lowest BCUT2D eigenvalue weighted by atomic mass is 9.96. The van der Waals surface area contributed by atoms with Crippen LogP contribution in [0.15, 0.2) is 114 Å². The molecule has 0 aliphatic heterocycles. The van der Waals surface area contributed by atoms with Crippen LogP contribution in [0.5, 0.6) is 0 Å². The maximum Gasteiger partial charge on any atom is 0.143 e. The second-order valence-electron chi connectivity index (χ2n) is 6.58. The van der Waals surface area contributed by atoms with Gasteiger partial charge in [-0.3, -0.25) is 0 Å². The van der Waals surface area contributed by atoms with Gasteiger partial charge in [-0.25, -0.2) is 0 Å². The molecule has 0 aliphatic rings. The Hall–Kier alpha value is -3.58. The molecule has 1 heterocycles. The normalized spacial score (nSPS) is 10.6. The Morgan fingerprint density at radius 2 is 0.857 bits per heavy atom. The van der Waals surface area contributed by atoms with E-state index in [1.165, 1.54) is 11.1 Å². The Morgan fingerprint density at radius 3 is 1.50 bits per heavy atom. The first kappa shape index (κ1) is 17.8. The highest BCUT2D eigenvalue weighted by molar-refractivity contribution is 6.04. The van der Waals surface area contributed by atoms with Crippen LogP contribution in [0.3, 0.4) is 0 Å². The number of furan rings is 1. The lowest BCUT2D eigenvalue weighted by Crippen LogP contribution is -1.83. The van der Waals surface area contributed by atoms with Gasteiger partial charge in [0.25, 0.3) is 0 Å². The minimum atomic E-state index is 0. The van der Waals surface area contributed by atoms with Gasteiger partial charge >= 0.3 is 0 Å². The molecule has 4 aromatic carbocycles. The molecule has 5 rings (SSSR count). The van der Waals surface area contributed by atoms with Crippen molar-refractivity contribution in [2.24, 2.45) is 0 Å². The van der Waals surface area contributed by atoms with E-state index in [1.54, 1.807) is 0 Å². The van der Waals surface area contributed by atoms with Gasteiger partial charge in [0.15, 0.2) is 0 Å². The zero-order valence-corrected chi connectivity index (χ0v) is 14.8. The number of fused-ring (bicyclic) bond motifs is 1. The van der Waals surface area contributed by atoms with Gasteiger partial charge in [0.05, 0.1) is 0 Å². The molecule has 0 aliphatic carbocycles. The summed E-state index contributed by atoms with van der Waals surface area (Å²) >= 11 is 0. The number of hydrogen-bond donors (Lipinski definition) is 0. The molecule has 1 nitrogen and oxygen atoms in total. The maximum atomic E-state index is 6.50. The van der Waals surface area contributed by atoms with Crippen molar-refractivity contribution in [2.75, 3.05) is 0 Å². The number of rotatable bonds is 3. The van der Waals surface area contributed by atoms with Gasteiger partial charge in [0.1, 0.15) is 11.5 Å². The lowest BCUT2D eigenvalue weighted by molar-refractivity contribution is 0.602. The fraction of sp³-hybridized carbons (Fsp3) is 0.0370. The van der Waals surface area contributed by atoms with Gasteiger partial charge < -0.3 is 4.42 Å².